The first-order valence-corrected chi connectivity index (χ1v) is 5.03. The van der Waals surface area contributed by atoms with Crippen LogP contribution in [0.1, 0.15) is 25.3 Å². The molecule has 0 saturated carbocycles. The Balaban J connectivity index is 3.13. The Morgan fingerprint density at radius 2 is 1.80 bits per heavy atom. The lowest BCUT2D eigenvalue weighted by Crippen LogP contribution is -2.22. The average Bonchev–Trinajstić information content (AvgIpc) is 2.15. The van der Waals surface area contributed by atoms with Gasteiger partial charge in [0.1, 0.15) is 18.0 Å². The van der Waals surface area contributed by atoms with Crippen LogP contribution in [0.5, 0.6) is 0 Å². The fourth-order valence-corrected chi connectivity index (χ4v) is 1.44. The molecule has 15 heavy (non-hydrogen) atoms. The molecule has 5 nitrogen and oxygen atoms in total. The number of anilines is 2. The first kappa shape index (κ1) is 11.7. The predicted molar refractivity (Wildman–Crippen MR) is 63.0 cm³/mol. The van der Waals surface area contributed by atoms with Crippen molar-refractivity contribution < 1.29 is 0 Å². The maximum Gasteiger partial charge on any atom is 0.149 e. The number of nitrogens with one attached hydrogen (secondary N) is 2. The van der Waals surface area contributed by atoms with E-state index in [0.717, 1.165) is 17.2 Å². The van der Waals surface area contributed by atoms with E-state index in [4.69, 9.17) is 0 Å². The summed E-state index contributed by atoms with van der Waals surface area (Å²) in [4.78, 5) is 8.45. The van der Waals surface area contributed by atoms with Gasteiger partial charge >= 0.3 is 0 Å². The van der Waals surface area contributed by atoms with Crippen molar-refractivity contribution in [3.63, 3.8) is 0 Å². The molecule has 0 aliphatic rings. The van der Waals surface area contributed by atoms with E-state index in [0.29, 0.717) is 5.92 Å². The van der Waals surface area contributed by atoms with Crippen LogP contribution in [0.15, 0.2) is 6.33 Å². The molecule has 0 amide bonds. The van der Waals surface area contributed by atoms with Crippen LogP contribution in [0.4, 0.5) is 11.6 Å². The summed E-state index contributed by atoms with van der Waals surface area (Å²) in [7, 11) is 5.74. The van der Waals surface area contributed by atoms with E-state index in [-0.39, 0.29) is 0 Å². The zero-order valence-electron chi connectivity index (χ0n) is 10.00. The third-order valence-corrected chi connectivity index (χ3v) is 2.03. The van der Waals surface area contributed by atoms with E-state index < -0.39 is 0 Å². The van der Waals surface area contributed by atoms with Crippen LogP contribution < -0.4 is 10.7 Å². The highest BCUT2D eigenvalue weighted by Gasteiger charge is 2.13. The average molecular weight is 209 g/mol. The summed E-state index contributed by atoms with van der Waals surface area (Å²) < 4.78 is 0. The van der Waals surface area contributed by atoms with Crippen molar-refractivity contribution in [1.29, 1.82) is 0 Å². The van der Waals surface area contributed by atoms with Gasteiger partial charge in [-0.3, -0.25) is 0 Å². The van der Waals surface area contributed by atoms with Crippen LogP contribution >= 0.6 is 0 Å². The Hall–Kier alpha value is -1.36. The molecule has 2 N–H and O–H groups in total. The Morgan fingerprint density at radius 3 is 2.27 bits per heavy atom. The monoisotopic (exact) mass is 209 g/mol. The lowest BCUT2D eigenvalue weighted by Gasteiger charge is -2.19. The molecule has 0 radical (unpaired) electrons. The number of rotatable bonds is 4. The molecule has 0 aliphatic carbocycles. The van der Waals surface area contributed by atoms with Gasteiger partial charge in [0.2, 0.25) is 0 Å². The lowest BCUT2D eigenvalue weighted by molar-refractivity contribution is 0.490. The van der Waals surface area contributed by atoms with Gasteiger partial charge in [0.25, 0.3) is 0 Å². The topological polar surface area (TPSA) is 53.1 Å². The highest BCUT2D eigenvalue weighted by molar-refractivity contribution is 5.58. The molecule has 0 aliphatic heterocycles. The molecule has 0 bridgehead atoms. The molecule has 1 rings (SSSR count). The molecule has 0 spiro atoms. The number of nitrogens with zero attached hydrogens (tertiary/aromatic N) is 3. The van der Waals surface area contributed by atoms with E-state index in [1.165, 1.54) is 0 Å². The predicted octanol–water partition coefficient (Wildman–Crippen LogP) is 1.53. The summed E-state index contributed by atoms with van der Waals surface area (Å²) in [5, 5.41) is 4.95. The molecule has 1 aromatic heterocycles. The van der Waals surface area contributed by atoms with Crippen molar-refractivity contribution >= 4 is 11.6 Å². The van der Waals surface area contributed by atoms with Crippen molar-refractivity contribution in [2.45, 2.75) is 19.8 Å². The van der Waals surface area contributed by atoms with E-state index >= 15 is 0 Å². The summed E-state index contributed by atoms with van der Waals surface area (Å²) in [6.45, 7) is 4.25. The van der Waals surface area contributed by atoms with E-state index in [9.17, 15) is 0 Å². The van der Waals surface area contributed by atoms with Gasteiger partial charge in [0.15, 0.2) is 0 Å². The molecule has 0 unspecified atom stereocenters. The highest BCUT2D eigenvalue weighted by Crippen LogP contribution is 2.27. The number of hydrogen-bond acceptors (Lipinski definition) is 5. The highest BCUT2D eigenvalue weighted by atomic mass is 15.5. The molecular formula is C10H19N5. The lowest BCUT2D eigenvalue weighted by atomic mass is 10.0. The smallest absolute Gasteiger partial charge is 0.149 e. The summed E-state index contributed by atoms with van der Waals surface area (Å²) in [6, 6.07) is 0. The van der Waals surface area contributed by atoms with Gasteiger partial charge in [-0.2, -0.15) is 0 Å². The summed E-state index contributed by atoms with van der Waals surface area (Å²) in [6.07, 6.45) is 1.56. The fraction of sp³-hybridized carbons (Fsp3) is 0.600. The van der Waals surface area contributed by atoms with Crippen molar-refractivity contribution in [3.8, 4) is 0 Å². The molecule has 0 aromatic carbocycles. The van der Waals surface area contributed by atoms with Gasteiger partial charge in [-0.25, -0.2) is 15.0 Å². The van der Waals surface area contributed by atoms with Gasteiger partial charge in [-0.15, -0.1) is 0 Å². The molecule has 84 valence electrons. The zero-order valence-corrected chi connectivity index (χ0v) is 10.00. The molecule has 0 atom stereocenters. The minimum absolute atomic E-state index is 0.371. The van der Waals surface area contributed by atoms with Gasteiger partial charge in [-0.1, -0.05) is 13.8 Å². The molecular weight excluding hydrogens is 190 g/mol. The second-order valence-electron chi connectivity index (χ2n) is 3.90. The normalized spacial score (nSPS) is 10.9. The fourth-order valence-electron chi connectivity index (χ4n) is 1.44. The summed E-state index contributed by atoms with van der Waals surface area (Å²) >= 11 is 0. The first-order chi connectivity index (χ1) is 7.06. The van der Waals surface area contributed by atoms with Crippen LogP contribution in [0, 0.1) is 0 Å². The van der Waals surface area contributed by atoms with Crippen molar-refractivity contribution in [2.75, 3.05) is 31.9 Å². The molecule has 5 heteroatoms. The Morgan fingerprint density at radius 1 is 1.20 bits per heavy atom. The van der Waals surface area contributed by atoms with E-state index in [1.807, 2.05) is 26.2 Å². The zero-order chi connectivity index (χ0) is 11.4. The second kappa shape index (κ2) is 4.93. The van der Waals surface area contributed by atoms with Crippen molar-refractivity contribution in [3.05, 3.63) is 11.9 Å². The Kier molecular flexibility index (Phi) is 3.85. The van der Waals surface area contributed by atoms with Gasteiger partial charge in [0, 0.05) is 26.7 Å². The minimum atomic E-state index is 0.371. The van der Waals surface area contributed by atoms with E-state index in [1.54, 1.807) is 6.33 Å². The number of aromatic nitrogens is 2. The molecule has 0 fully saturated rings. The van der Waals surface area contributed by atoms with Crippen molar-refractivity contribution in [2.24, 2.45) is 0 Å². The molecule has 1 aromatic rings. The van der Waals surface area contributed by atoms with Crippen molar-refractivity contribution in [1.82, 2.24) is 15.0 Å². The maximum absolute atomic E-state index is 4.24. The SMILES string of the molecule is CNc1ncnc(NN(C)C)c1C(C)C. The standard InChI is InChI=1S/C10H19N5/c1-7(2)8-9(11-3)12-6-13-10(8)14-15(4)5/h6-7H,1-5H3,(H2,11,12,13,14). The largest absolute Gasteiger partial charge is 0.373 e. The minimum Gasteiger partial charge on any atom is -0.373 e. The van der Waals surface area contributed by atoms with E-state index in [2.05, 4.69) is 34.6 Å². The Bertz CT molecular complexity index is 322. The van der Waals surface area contributed by atoms with Crippen LogP contribution in [0.25, 0.3) is 0 Å². The third-order valence-electron chi connectivity index (χ3n) is 2.03. The van der Waals surface area contributed by atoms with Gasteiger partial charge in [0.05, 0.1) is 0 Å². The third kappa shape index (κ3) is 2.79. The van der Waals surface area contributed by atoms with Gasteiger partial charge < -0.3 is 10.7 Å². The number of hydrazine groups is 1. The first-order valence-electron chi connectivity index (χ1n) is 5.03. The molecule has 0 saturated heterocycles. The second-order valence-corrected chi connectivity index (χ2v) is 3.90. The van der Waals surface area contributed by atoms with Crippen LogP contribution in [0.3, 0.4) is 0 Å². The summed E-state index contributed by atoms with van der Waals surface area (Å²) in [5.41, 5.74) is 4.28. The van der Waals surface area contributed by atoms with Crippen LogP contribution in [0.2, 0.25) is 0 Å². The van der Waals surface area contributed by atoms with Gasteiger partial charge in [-0.05, 0) is 5.92 Å². The quantitative estimate of drug-likeness (QED) is 0.736. The molecule has 1 heterocycles. The van der Waals surface area contributed by atoms with Crippen LogP contribution in [-0.4, -0.2) is 36.1 Å². The maximum atomic E-state index is 4.24. The Labute approximate surface area is 90.9 Å². The summed E-state index contributed by atoms with van der Waals surface area (Å²) in [5.74, 6) is 2.11. The van der Waals surface area contributed by atoms with Crippen LogP contribution in [-0.2, 0) is 0 Å². The number of hydrogen-bond donors (Lipinski definition) is 2.